The minimum absolute atomic E-state index is 0.267. The van der Waals surface area contributed by atoms with Gasteiger partial charge < -0.3 is 0 Å². The van der Waals surface area contributed by atoms with Crippen LogP contribution < -0.4 is 0 Å². The molecule has 3 rings (SSSR count). The summed E-state index contributed by atoms with van der Waals surface area (Å²) in [6, 6.07) is 6.63. The third-order valence-electron chi connectivity index (χ3n) is 2.59. The molecule has 1 aromatic carbocycles. The largest absolute Gasteiger partial charge is 0.235 e. The zero-order valence-corrected chi connectivity index (χ0v) is 11.8. The Balaban J connectivity index is 2.03. The molecule has 0 atom stereocenters. The lowest BCUT2D eigenvalue weighted by molar-refractivity contribution is 0.630. The Morgan fingerprint density at radius 2 is 2.16 bits per heavy atom. The van der Waals surface area contributed by atoms with E-state index in [0.29, 0.717) is 15.5 Å². The van der Waals surface area contributed by atoms with Crippen LogP contribution in [-0.2, 0) is 5.75 Å². The summed E-state index contributed by atoms with van der Waals surface area (Å²) >= 11 is 3.10. The summed E-state index contributed by atoms with van der Waals surface area (Å²) in [5.41, 5.74) is 0.507. The van der Waals surface area contributed by atoms with Crippen molar-refractivity contribution < 1.29 is 4.39 Å². The molecule has 0 bridgehead atoms. The van der Waals surface area contributed by atoms with Crippen LogP contribution in [0.3, 0.4) is 0 Å². The zero-order valence-electron chi connectivity index (χ0n) is 10.2. The van der Waals surface area contributed by atoms with Crippen LogP contribution in [-0.4, -0.2) is 25.6 Å². The van der Waals surface area contributed by atoms with Gasteiger partial charge in [-0.15, -0.1) is 10.2 Å². The van der Waals surface area contributed by atoms with E-state index in [4.69, 9.17) is 0 Å². The molecule has 0 saturated heterocycles. The maximum atomic E-state index is 13.7. The minimum Gasteiger partial charge on any atom is -0.206 e. The number of hydrogen-bond acceptors (Lipinski definition) is 5. The molecule has 0 N–H and O–H groups in total. The van der Waals surface area contributed by atoms with Gasteiger partial charge in [0.15, 0.2) is 10.8 Å². The fraction of sp³-hybridized carbons (Fsp3) is 0.250. The number of aromatic nitrogens is 4. The molecule has 4 nitrogen and oxygen atoms in total. The lowest BCUT2D eigenvalue weighted by Crippen LogP contribution is -1.94. The summed E-state index contributed by atoms with van der Waals surface area (Å²) in [7, 11) is 0. The van der Waals surface area contributed by atoms with Crippen molar-refractivity contribution >= 4 is 28.1 Å². The van der Waals surface area contributed by atoms with Gasteiger partial charge in [-0.3, -0.25) is 0 Å². The lowest BCUT2D eigenvalue weighted by Gasteiger charge is -1.97. The molecule has 0 aliphatic heterocycles. The fourth-order valence-electron chi connectivity index (χ4n) is 1.68. The predicted molar refractivity (Wildman–Crippen MR) is 75.9 cm³/mol. The smallest absolute Gasteiger partial charge is 0.206 e. The molecule has 7 heteroatoms. The third kappa shape index (κ3) is 2.35. The maximum absolute atomic E-state index is 13.7. The second-order valence-corrected chi connectivity index (χ2v) is 6.07. The van der Waals surface area contributed by atoms with Crippen molar-refractivity contribution in [2.45, 2.75) is 12.7 Å². The van der Waals surface area contributed by atoms with Crippen LogP contribution in [0.5, 0.6) is 0 Å². The quantitative estimate of drug-likeness (QED) is 0.741. The average molecular weight is 294 g/mol. The van der Waals surface area contributed by atoms with E-state index in [1.165, 1.54) is 17.4 Å². The summed E-state index contributed by atoms with van der Waals surface area (Å²) in [4.78, 5) is 0.699. The van der Waals surface area contributed by atoms with Gasteiger partial charge in [0.25, 0.3) is 0 Å². The Labute approximate surface area is 117 Å². The number of fused-ring (bicyclic) bond motifs is 1. The Kier molecular flexibility index (Phi) is 3.48. The third-order valence-corrected chi connectivity index (χ3v) is 4.40. The number of nitrogens with zero attached hydrogens (tertiary/aromatic N) is 4. The maximum Gasteiger partial charge on any atom is 0.235 e. The molecule has 19 heavy (non-hydrogen) atoms. The first-order valence-corrected chi connectivity index (χ1v) is 7.80. The molecule has 0 aliphatic rings. The first-order valence-electron chi connectivity index (χ1n) is 5.83. The first kappa shape index (κ1) is 12.6. The molecule has 98 valence electrons. The number of rotatable bonds is 4. The highest BCUT2D eigenvalue weighted by molar-refractivity contribution is 7.98. The Morgan fingerprint density at radius 1 is 1.32 bits per heavy atom. The van der Waals surface area contributed by atoms with Gasteiger partial charge in [-0.1, -0.05) is 30.4 Å². The predicted octanol–water partition coefficient (Wildman–Crippen LogP) is 3.25. The number of hydrogen-bond donors (Lipinski definition) is 0. The normalized spacial score (nSPS) is 11.3. The van der Waals surface area contributed by atoms with Crippen molar-refractivity contribution in [3.05, 3.63) is 35.9 Å². The van der Waals surface area contributed by atoms with E-state index in [1.54, 1.807) is 34.5 Å². The van der Waals surface area contributed by atoms with Crippen molar-refractivity contribution in [3.63, 3.8) is 0 Å². The van der Waals surface area contributed by atoms with Crippen molar-refractivity contribution in [1.29, 1.82) is 0 Å². The molecule has 0 amide bonds. The molecule has 0 aliphatic carbocycles. The molecule has 2 heterocycles. The topological polar surface area (TPSA) is 43.1 Å². The van der Waals surface area contributed by atoms with E-state index in [2.05, 4.69) is 22.2 Å². The van der Waals surface area contributed by atoms with E-state index in [-0.39, 0.29) is 5.82 Å². The van der Waals surface area contributed by atoms with Gasteiger partial charge in [0.05, 0.1) is 5.75 Å². The molecule has 0 spiro atoms. The number of benzene rings is 1. The summed E-state index contributed by atoms with van der Waals surface area (Å²) in [5.74, 6) is 2.31. The van der Waals surface area contributed by atoms with Gasteiger partial charge in [0.2, 0.25) is 4.96 Å². The number of halogens is 1. The molecular formula is C12H11FN4S2. The molecule has 0 unspecified atom stereocenters. The van der Waals surface area contributed by atoms with Crippen molar-refractivity contribution in [2.24, 2.45) is 0 Å². The van der Waals surface area contributed by atoms with Crippen LogP contribution in [0.1, 0.15) is 12.7 Å². The second kappa shape index (κ2) is 5.26. The number of thioether (sulfide) groups is 1. The molecule has 2 aromatic heterocycles. The van der Waals surface area contributed by atoms with E-state index < -0.39 is 0 Å². The SMILES string of the molecule is CCSCc1nnc2sc(-c3ccccc3F)nn12. The van der Waals surface area contributed by atoms with Gasteiger partial charge in [0.1, 0.15) is 5.82 Å². The Morgan fingerprint density at radius 3 is 2.95 bits per heavy atom. The highest BCUT2D eigenvalue weighted by atomic mass is 32.2. The van der Waals surface area contributed by atoms with E-state index in [0.717, 1.165) is 17.3 Å². The fourth-order valence-corrected chi connectivity index (χ4v) is 3.14. The molecule has 3 aromatic rings. The molecule has 0 radical (unpaired) electrons. The molecule has 0 saturated carbocycles. The Bertz CT molecular complexity index is 707. The van der Waals surface area contributed by atoms with Crippen LogP contribution in [0.25, 0.3) is 15.5 Å². The summed E-state index contributed by atoms with van der Waals surface area (Å²) in [5, 5.41) is 13.2. The van der Waals surface area contributed by atoms with Crippen LogP contribution in [0.4, 0.5) is 4.39 Å². The van der Waals surface area contributed by atoms with E-state index >= 15 is 0 Å². The lowest BCUT2D eigenvalue weighted by atomic mass is 10.2. The van der Waals surface area contributed by atoms with Crippen molar-refractivity contribution in [3.8, 4) is 10.6 Å². The monoisotopic (exact) mass is 294 g/mol. The highest BCUT2D eigenvalue weighted by Crippen LogP contribution is 2.27. The van der Waals surface area contributed by atoms with E-state index in [1.807, 2.05) is 0 Å². The highest BCUT2D eigenvalue weighted by Gasteiger charge is 2.14. The van der Waals surface area contributed by atoms with Gasteiger partial charge in [-0.25, -0.2) is 4.39 Å². The van der Waals surface area contributed by atoms with Crippen LogP contribution in [0.2, 0.25) is 0 Å². The molecule has 0 fully saturated rings. The minimum atomic E-state index is -0.267. The van der Waals surface area contributed by atoms with Gasteiger partial charge in [-0.2, -0.15) is 21.4 Å². The molecular weight excluding hydrogens is 283 g/mol. The summed E-state index contributed by atoms with van der Waals surface area (Å²) in [6.45, 7) is 2.09. The summed E-state index contributed by atoms with van der Waals surface area (Å²) in [6.07, 6.45) is 0. The Hall–Kier alpha value is -1.47. The van der Waals surface area contributed by atoms with Crippen LogP contribution in [0.15, 0.2) is 24.3 Å². The average Bonchev–Trinajstić information content (AvgIpc) is 2.97. The van der Waals surface area contributed by atoms with E-state index in [9.17, 15) is 4.39 Å². The first-order chi connectivity index (χ1) is 9.29. The van der Waals surface area contributed by atoms with Gasteiger partial charge in [-0.05, 0) is 17.9 Å². The van der Waals surface area contributed by atoms with Crippen LogP contribution >= 0.6 is 23.1 Å². The van der Waals surface area contributed by atoms with Gasteiger partial charge >= 0.3 is 0 Å². The van der Waals surface area contributed by atoms with Crippen molar-refractivity contribution in [1.82, 2.24) is 19.8 Å². The second-order valence-electron chi connectivity index (χ2n) is 3.83. The van der Waals surface area contributed by atoms with Crippen LogP contribution in [0, 0.1) is 5.82 Å². The summed E-state index contributed by atoms with van der Waals surface area (Å²) < 4.78 is 15.4. The standard InChI is InChI=1S/C12H11FN4S2/c1-2-18-7-10-14-15-12-17(10)16-11(19-12)8-5-3-4-6-9(8)13/h3-6H,2,7H2,1H3. The van der Waals surface area contributed by atoms with Crippen molar-refractivity contribution in [2.75, 3.05) is 5.75 Å². The zero-order chi connectivity index (χ0) is 13.2. The van der Waals surface area contributed by atoms with Gasteiger partial charge in [0, 0.05) is 5.56 Å².